The number of hydrogen-bond acceptors (Lipinski definition) is 4. The summed E-state index contributed by atoms with van der Waals surface area (Å²) in [5.41, 5.74) is 3.20. The second-order valence-corrected chi connectivity index (χ2v) is 5.48. The van der Waals surface area contributed by atoms with E-state index in [0.717, 1.165) is 22.6 Å². The third-order valence-corrected chi connectivity index (χ3v) is 3.54. The minimum atomic E-state index is 0.134. The first-order valence-corrected chi connectivity index (χ1v) is 7.16. The van der Waals surface area contributed by atoms with Gasteiger partial charge in [0.05, 0.1) is 11.7 Å². The van der Waals surface area contributed by atoms with Crippen molar-refractivity contribution in [2.24, 2.45) is 0 Å². The summed E-state index contributed by atoms with van der Waals surface area (Å²) in [5, 5.41) is 8.02. The van der Waals surface area contributed by atoms with E-state index in [4.69, 9.17) is 0 Å². The Kier molecular flexibility index (Phi) is 3.56. The van der Waals surface area contributed by atoms with E-state index in [1.165, 1.54) is 0 Å². The largest absolute Gasteiger partial charge is 0.362 e. The van der Waals surface area contributed by atoms with Crippen molar-refractivity contribution in [2.45, 2.75) is 32.7 Å². The Morgan fingerprint density at radius 3 is 2.76 bits per heavy atom. The van der Waals surface area contributed by atoms with E-state index in [1.807, 2.05) is 23.0 Å². The first-order chi connectivity index (χ1) is 10.1. The second kappa shape index (κ2) is 5.52. The molecular weight excluding hydrogens is 262 g/mol. The van der Waals surface area contributed by atoms with Crippen LogP contribution in [0.1, 0.15) is 44.0 Å². The fourth-order valence-electron chi connectivity index (χ4n) is 2.25. The van der Waals surface area contributed by atoms with Crippen LogP contribution in [0, 0.1) is 0 Å². The quantitative estimate of drug-likeness (QED) is 0.796. The van der Waals surface area contributed by atoms with Crippen molar-refractivity contribution in [2.75, 3.05) is 5.32 Å². The van der Waals surface area contributed by atoms with Crippen molar-refractivity contribution < 1.29 is 0 Å². The molecule has 0 aliphatic heterocycles. The number of nitrogens with one attached hydrogen (secondary N) is 1. The molecule has 0 radical (unpaired) electrons. The van der Waals surface area contributed by atoms with Gasteiger partial charge in [-0.1, -0.05) is 19.9 Å². The first-order valence-electron chi connectivity index (χ1n) is 7.16. The average molecular weight is 281 g/mol. The summed E-state index contributed by atoms with van der Waals surface area (Å²) in [4.78, 5) is 8.61. The molecule has 5 heteroatoms. The zero-order chi connectivity index (χ0) is 14.8. The van der Waals surface area contributed by atoms with Gasteiger partial charge in [0.15, 0.2) is 5.82 Å². The van der Waals surface area contributed by atoms with Crippen LogP contribution in [0.4, 0.5) is 5.82 Å². The molecule has 3 rings (SSSR count). The Balaban J connectivity index is 1.93. The van der Waals surface area contributed by atoms with Crippen molar-refractivity contribution in [3.63, 3.8) is 0 Å². The third-order valence-electron chi connectivity index (χ3n) is 3.54. The van der Waals surface area contributed by atoms with Gasteiger partial charge < -0.3 is 5.32 Å². The molecule has 0 fully saturated rings. The van der Waals surface area contributed by atoms with Crippen molar-refractivity contribution in [1.29, 1.82) is 0 Å². The van der Waals surface area contributed by atoms with Gasteiger partial charge in [0.2, 0.25) is 0 Å². The van der Waals surface area contributed by atoms with Crippen LogP contribution in [0.15, 0.2) is 43.0 Å². The average Bonchev–Trinajstić information content (AvgIpc) is 2.93. The fourth-order valence-corrected chi connectivity index (χ4v) is 2.25. The maximum absolute atomic E-state index is 4.58. The normalized spacial score (nSPS) is 12.8. The number of anilines is 1. The Morgan fingerprint density at radius 2 is 2.05 bits per heavy atom. The molecule has 0 amide bonds. The molecule has 0 aliphatic carbocycles. The van der Waals surface area contributed by atoms with Crippen LogP contribution in [0.3, 0.4) is 0 Å². The molecule has 3 aromatic rings. The van der Waals surface area contributed by atoms with E-state index in [9.17, 15) is 0 Å². The fraction of sp³-hybridized carbons (Fsp3) is 0.312. The van der Waals surface area contributed by atoms with Crippen LogP contribution < -0.4 is 5.32 Å². The summed E-state index contributed by atoms with van der Waals surface area (Å²) in [6.07, 6.45) is 7.29. The van der Waals surface area contributed by atoms with Gasteiger partial charge >= 0.3 is 0 Å². The lowest BCUT2D eigenvalue weighted by Crippen LogP contribution is -2.09. The summed E-state index contributed by atoms with van der Waals surface area (Å²) in [7, 11) is 0. The van der Waals surface area contributed by atoms with E-state index in [2.05, 4.69) is 53.3 Å². The van der Waals surface area contributed by atoms with Gasteiger partial charge in [-0.25, -0.2) is 9.50 Å². The number of hydrogen-bond donors (Lipinski definition) is 1. The van der Waals surface area contributed by atoms with Crippen LogP contribution in [-0.4, -0.2) is 19.6 Å². The van der Waals surface area contributed by atoms with Gasteiger partial charge in [-0.3, -0.25) is 4.98 Å². The molecule has 0 spiro atoms. The monoisotopic (exact) mass is 281 g/mol. The third kappa shape index (κ3) is 2.72. The SMILES string of the molecule is CC(C)c1cc2c(NC(C)c3cccnc3)nccn2n1. The Bertz CT molecular complexity index is 733. The van der Waals surface area contributed by atoms with Crippen LogP contribution in [0.5, 0.6) is 0 Å². The number of nitrogens with zero attached hydrogens (tertiary/aromatic N) is 4. The highest BCUT2D eigenvalue weighted by Gasteiger charge is 2.12. The molecule has 1 unspecified atom stereocenters. The minimum Gasteiger partial charge on any atom is -0.362 e. The lowest BCUT2D eigenvalue weighted by atomic mass is 10.1. The molecule has 1 atom stereocenters. The summed E-state index contributed by atoms with van der Waals surface area (Å²) >= 11 is 0. The number of aromatic nitrogens is 4. The van der Waals surface area contributed by atoms with Crippen LogP contribution in [0.2, 0.25) is 0 Å². The predicted octanol–water partition coefficient (Wildman–Crippen LogP) is 3.42. The molecule has 0 saturated carbocycles. The smallest absolute Gasteiger partial charge is 0.152 e. The Morgan fingerprint density at radius 1 is 1.19 bits per heavy atom. The molecule has 0 bridgehead atoms. The molecule has 3 aromatic heterocycles. The van der Waals surface area contributed by atoms with Crippen molar-refractivity contribution >= 4 is 11.3 Å². The van der Waals surface area contributed by atoms with Crippen LogP contribution in [0.25, 0.3) is 5.52 Å². The number of fused-ring (bicyclic) bond motifs is 1. The first kappa shape index (κ1) is 13.5. The number of rotatable bonds is 4. The molecule has 0 saturated heterocycles. The molecule has 3 heterocycles. The summed E-state index contributed by atoms with van der Waals surface area (Å²) < 4.78 is 1.88. The molecule has 0 aliphatic rings. The summed E-state index contributed by atoms with van der Waals surface area (Å²) in [5.74, 6) is 1.24. The van der Waals surface area contributed by atoms with Gasteiger partial charge in [0, 0.05) is 24.8 Å². The highest BCUT2D eigenvalue weighted by atomic mass is 15.2. The van der Waals surface area contributed by atoms with Gasteiger partial charge in [-0.15, -0.1) is 0 Å². The zero-order valence-corrected chi connectivity index (χ0v) is 12.5. The van der Waals surface area contributed by atoms with Crippen molar-refractivity contribution in [3.8, 4) is 0 Å². The highest BCUT2D eigenvalue weighted by Crippen LogP contribution is 2.23. The minimum absolute atomic E-state index is 0.134. The molecule has 0 aromatic carbocycles. The van der Waals surface area contributed by atoms with Crippen molar-refractivity contribution in [3.05, 3.63) is 54.2 Å². The van der Waals surface area contributed by atoms with E-state index >= 15 is 0 Å². The molecule has 5 nitrogen and oxygen atoms in total. The summed E-state index contributed by atoms with van der Waals surface area (Å²) in [6, 6.07) is 6.23. The summed E-state index contributed by atoms with van der Waals surface area (Å²) in [6.45, 7) is 6.38. The molecule has 21 heavy (non-hydrogen) atoms. The van der Waals surface area contributed by atoms with Crippen LogP contribution >= 0.6 is 0 Å². The maximum Gasteiger partial charge on any atom is 0.152 e. The standard InChI is InChI=1S/C16H19N5/c1-11(2)14-9-15-16(18-7-8-21(15)20-14)19-12(3)13-5-4-6-17-10-13/h4-12H,1-3H3,(H,18,19). The zero-order valence-electron chi connectivity index (χ0n) is 12.5. The Labute approximate surface area is 124 Å². The van der Waals surface area contributed by atoms with Gasteiger partial charge in [0.1, 0.15) is 5.52 Å². The van der Waals surface area contributed by atoms with Crippen molar-refractivity contribution in [1.82, 2.24) is 19.6 Å². The van der Waals surface area contributed by atoms with Gasteiger partial charge in [-0.05, 0) is 30.5 Å². The lowest BCUT2D eigenvalue weighted by Gasteiger charge is -2.14. The van der Waals surface area contributed by atoms with E-state index in [-0.39, 0.29) is 6.04 Å². The van der Waals surface area contributed by atoms with Crippen LogP contribution in [-0.2, 0) is 0 Å². The Hall–Kier alpha value is -2.43. The highest BCUT2D eigenvalue weighted by molar-refractivity contribution is 5.68. The topological polar surface area (TPSA) is 55.1 Å². The number of pyridine rings is 1. The van der Waals surface area contributed by atoms with Gasteiger partial charge in [0.25, 0.3) is 0 Å². The maximum atomic E-state index is 4.58. The lowest BCUT2D eigenvalue weighted by molar-refractivity contribution is 0.786. The second-order valence-electron chi connectivity index (χ2n) is 5.48. The molecule has 1 N–H and O–H groups in total. The van der Waals surface area contributed by atoms with E-state index in [0.29, 0.717) is 5.92 Å². The van der Waals surface area contributed by atoms with Gasteiger partial charge in [-0.2, -0.15) is 5.10 Å². The molecular formula is C16H19N5. The predicted molar refractivity (Wildman–Crippen MR) is 83.4 cm³/mol. The van der Waals surface area contributed by atoms with E-state index < -0.39 is 0 Å². The van der Waals surface area contributed by atoms with E-state index in [1.54, 1.807) is 12.4 Å². The molecule has 108 valence electrons.